The molecule has 0 aliphatic heterocycles. The maximum atomic E-state index is 5.63. The molecule has 132 valence electrons. The monoisotopic (exact) mass is 436 g/mol. The topological polar surface area (TPSA) is 67.8 Å². The lowest BCUT2D eigenvalue weighted by Gasteiger charge is -2.21. The van der Waals surface area contributed by atoms with E-state index in [4.69, 9.17) is 9.47 Å². The third kappa shape index (κ3) is 8.36. The predicted octanol–water partition coefficient (Wildman–Crippen LogP) is 2.43. The Morgan fingerprint density at radius 3 is 2.65 bits per heavy atom. The molecular weight excluding hydrogens is 407 g/mol. The van der Waals surface area contributed by atoms with Crippen LogP contribution in [0.2, 0.25) is 0 Å². The summed E-state index contributed by atoms with van der Waals surface area (Å²) in [4.78, 5) is 8.51. The van der Waals surface area contributed by atoms with Crippen LogP contribution < -0.4 is 15.4 Å². The Balaban J connectivity index is 0.00000484. The maximum absolute atomic E-state index is 5.63. The van der Waals surface area contributed by atoms with Crippen molar-refractivity contribution in [3.8, 4) is 5.88 Å². The highest BCUT2D eigenvalue weighted by atomic mass is 127. The first-order valence-corrected chi connectivity index (χ1v) is 7.61. The molecule has 1 rings (SSSR count). The van der Waals surface area contributed by atoms with Gasteiger partial charge >= 0.3 is 0 Å². The van der Waals surface area contributed by atoms with Crippen LogP contribution in [0.1, 0.15) is 26.3 Å². The number of pyridine rings is 1. The molecule has 1 aromatic rings. The lowest BCUT2D eigenvalue weighted by Crippen LogP contribution is -2.43. The fraction of sp³-hybridized carbons (Fsp3) is 0.625. The van der Waals surface area contributed by atoms with Crippen LogP contribution in [0.25, 0.3) is 0 Å². The van der Waals surface area contributed by atoms with Gasteiger partial charge in [-0.05, 0) is 18.9 Å². The summed E-state index contributed by atoms with van der Waals surface area (Å²) in [6.07, 6.45) is 1.72. The zero-order valence-electron chi connectivity index (χ0n) is 14.6. The number of nitrogens with one attached hydrogen (secondary N) is 2. The molecule has 0 amide bonds. The lowest BCUT2D eigenvalue weighted by molar-refractivity contribution is 0.143. The number of aromatic nitrogens is 1. The molecule has 1 heterocycles. The summed E-state index contributed by atoms with van der Waals surface area (Å²) in [7, 11) is 3.41. The van der Waals surface area contributed by atoms with Crippen molar-refractivity contribution in [2.45, 2.75) is 33.4 Å². The van der Waals surface area contributed by atoms with Gasteiger partial charge in [-0.3, -0.25) is 4.99 Å². The standard InChI is InChI=1S/C16H28N4O2.HI/c1-12(2)13(3)20-16(17-4)19-11-14-7-6-8-18-15(14)22-10-9-21-5;/h6-8,12-13H,9-11H2,1-5H3,(H2,17,19,20);1H. The summed E-state index contributed by atoms with van der Waals surface area (Å²) in [5.41, 5.74) is 0.985. The number of rotatable bonds is 8. The number of hydrogen-bond donors (Lipinski definition) is 2. The Morgan fingerprint density at radius 2 is 2.04 bits per heavy atom. The molecule has 0 radical (unpaired) electrons. The number of hydrogen-bond acceptors (Lipinski definition) is 4. The zero-order chi connectivity index (χ0) is 16.4. The highest BCUT2D eigenvalue weighted by molar-refractivity contribution is 14.0. The first kappa shape index (κ1) is 21.9. The number of nitrogens with zero attached hydrogens (tertiary/aromatic N) is 2. The highest BCUT2D eigenvalue weighted by Crippen LogP contribution is 2.13. The Labute approximate surface area is 156 Å². The molecule has 0 fully saturated rings. The summed E-state index contributed by atoms with van der Waals surface area (Å²) in [6.45, 7) is 8.11. The SMILES string of the molecule is CN=C(NCc1cccnc1OCCOC)NC(C)C(C)C.I. The third-order valence-corrected chi connectivity index (χ3v) is 3.41. The molecule has 0 saturated carbocycles. The largest absolute Gasteiger partial charge is 0.475 e. The second-order valence-corrected chi connectivity index (χ2v) is 5.41. The van der Waals surface area contributed by atoms with E-state index < -0.39 is 0 Å². The maximum Gasteiger partial charge on any atom is 0.218 e. The van der Waals surface area contributed by atoms with Crippen LogP contribution in [0.5, 0.6) is 5.88 Å². The number of guanidine groups is 1. The van der Waals surface area contributed by atoms with E-state index in [-0.39, 0.29) is 24.0 Å². The van der Waals surface area contributed by atoms with E-state index in [9.17, 15) is 0 Å². The van der Waals surface area contributed by atoms with E-state index in [0.29, 0.717) is 37.6 Å². The number of halogens is 1. The normalized spacial score (nSPS) is 12.5. The van der Waals surface area contributed by atoms with Crippen LogP contribution >= 0.6 is 24.0 Å². The summed E-state index contributed by atoms with van der Waals surface area (Å²) in [6, 6.07) is 4.23. The van der Waals surface area contributed by atoms with Gasteiger partial charge in [0.2, 0.25) is 5.88 Å². The summed E-state index contributed by atoms with van der Waals surface area (Å²) in [5.74, 6) is 1.93. The van der Waals surface area contributed by atoms with Crippen molar-refractivity contribution in [3.63, 3.8) is 0 Å². The average Bonchev–Trinajstić information content (AvgIpc) is 2.52. The van der Waals surface area contributed by atoms with Gasteiger partial charge < -0.3 is 20.1 Å². The molecule has 0 bridgehead atoms. The molecule has 6 nitrogen and oxygen atoms in total. The van der Waals surface area contributed by atoms with Gasteiger partial charge in [0.05, 0.1) is 6.61 Å². The molecule has 0 aliphatic rings. The van der Waals surface area contributed by atoms with Crippen LogP contribution in [0, 0.1) is 5.92 Å². The van der Waals surface area contributed by atoms with Gasteiger partial charge in [0.1, 0.15) is 6.61 Å². The number of methoxy groups -OCH3 is 1. The fourth-order valence-electron chi connectivity index (χ4n) is 1.67. The van der Waals surface area contributed by atoms with Crippen molar-refractivity contribution in [2.24, 2.45) is 10.9 Å². The minimum atomic E-state index is 0. The molecular formula is C16H29IN4O2. The molecule has 0 aliphatic carbocycles. The summed E-state index contributed by atoms with van der Waals surface area (Å²) in [5, 5.41) is 6.66. The van der Waals surface area contributed by atoms with Gasteiger partial charge in [0, 0.05) is 38.5 Å². The van der Waals surface area contributed by atoms with E-state index in [1.54, 1.807) is 20.4 Å². The van der Waals surface area contributed by atoms with E-state index in [1.807, 2.05) is 12.1 Å². The summed E-state index contributed by atoms with van der Waals surface area (Å²) < 4.78 is 10.6. The third-order valence-electron chi connectivity index (χ3n) is 3.41. The highest BCUT2D eigenvalue weighted by Gasteiger charge is 2.10. The van der Waals surface area contributed by atoms with Crippen LogP contribution in [0.4, 0.5) is 0 Å². The molecule has 1 aromatic heterocycles. The van der Waals surface area contributed by atoms with Crippen molar-refractivity contribution in [3.05, 3.63) is 23.9 Å². The van der Waals surface area contributed by atoms with Gasteiger partial charge in [-0.2, -0.15) is 0 Å². The first-order valence-electron chi connectivity index (χ1n) is 7.61. The van der Waals surface area contributed by atoms with Crippen molar-refractivity contribution < 1.29 is 9.47 Å². The van der Waals surface area contributed by atoms with Gasteiger partial charge in [-0.25, -0.2) is 4.98 Å². The molecule has 0 aromatic carbocycles. The van der Waals surface area contributed by atoms with Crippen LogP contribution in [-0.2, 0) is 11.3 Å². The van der Waals surface area contributed by atoms with E-state index in [2.05, 4.69) is 41.4 Å². The smallest absolute Gasteiger partial charge is 0.218 e. The minimum Gasteiger partial charge on any atom is -0.475 e. The van der Waals surface area contributed by atoms with Gasteiger partial charge in [0.25, 0.3) is 0 Å². The van der Waals surface area contributed by atoms with Gasteiger partial charge in [-0.1, -0.05) is 19.9 Å². The Kier molecular flexibility index (Phi) is 11.8. The Bertz CT molecular complexity index is 469. The lowest BCUT2D eigenvalue weighted by atomic mass is 10.1. The van der Waals surface area contributed by atoms with Crippen molar-refractivity contribution in [2.75, 3.05) is 27.4 Å². The predicted molar refractivity (Wildman–Crippen MR) is 105 cm³/mol. The first-order chi connectivity index (χ1) is 10.6. The van der Waals surface area contributed by atoms with E-state index in [1.165, 1.54) is 0 Å². The average molecular weight is 436 g/mol. The van der Waals surface area contributed by atoms with Crippen molar-refractivity contribution in [1.29, 1.82) is 0 Å². The Hall–Kier alpha value is -1.09. The van der Waals surface area contributed by atoms with E-state index in [0.717, 1.165) is 11.5 Å². The molecule has 0 saturated heterocycles. The molecule has 1 atom stereocenters. The van der Waals surface area contributed by atoms with Crippen LogP contribution in [0.15, 0.2) is 23.3 Å². The number of ether oxygens (including phenoxy) is 2. The molecule has 2 N–H and O–H groups in total. The molecule has 0 spiro atoms. The van der Waals surface area contributed by atoms with E-state index >= 15 is 0 Å². The van der Waals surface area contributed by atoms with Gasteiger partial charge in [0.15, 0.2) is 5.96 Å². The second-order valence-electron chi connectivity index (χ2n) is 5.41. The summed E-state index contributed by atoms with van der Waals surface area (Å²) >= 11 is 0. The fourth-order valence-corrected chi connectivity index (χ4v) is 1.67. The zero-order valence-corrected chi connectivity index (χ0v) is 17.0. The molecule has 1 unspecified atom stereocenters. The van der Waals surface area contributed by atoms with Crippen LogP contribution in [-0.4, -0.2) is 44.4 Å². The molecule has 23 heavy (non-hydrogen) atoms. The van der Waals surface area contributed by atoms with Gasteiger partial charge in [-0.15, -0.1) is 24.0 Å². The minimum absolute atomic E-state index is 0. The quantitative estimate of drug-likeness (QED) is 0.284. The number of aliphatic imine (C=N–C) groups is 1. The van der Waals surface area contributed by atoms with Crippen molar-refractivity contribution in [1.82, 2.24) is 15.6 Å². The second kappa shape index (κ2) is 12.3. The Morgan fingerprint density at radius 1 is 1.30 bits per heavy atom. The molecule has 7 heteroatoms. The van der Waals surface area contributed by atoms with Crippen LogP contribution in [0.3, 0.4) is 0 Å². The van der Waals surface area contributed by atoms with Crippen molar-refractivity contribution >= 4 is 29.9 Å².